The molecule has 0 aromatic heterocycles. The average molecular weight is 374 g/mol. The number of amides is 1. The number of hydrogen-bond donors (Lipinski definition) is 4. The van der Waals surface area contributed by atoms with E-state index in [0.717, 1.165) is 5.57 Å². The van der Waals surface area contributed by atoms with Crippen molar-refractivity contribution in [3.05, 3.63) is 47.0 Å². The van der Waals surface area contributed by atoms with E-state index in [-0.39, 0.29) is 35.7 Å². The summed E-state index contributed by atoms with van der Waals surface area (Å²) in [5.74, 6) is 0. The molecule has 0 fully saturated rings. The zero-order chi connectivity index (χ0) is 20.2. The Kier molecular flexibility index (Phi) is 9.27. The van der Waals surface area contributed by atoms with E-state index in [2.05, 4.69) is 17.4 Å². The molecular weight excluding hydrogens is 352 g/mol. The van der Waals surface area contributed by atoms with Gasteiger partial charge in [-0.05, 0) is 30.7 Å². The maximum atomic E-state index is 11.7. The minimum absolute atomic E-state index is 0.0392. The van der Waals surface area contributed by atoms with Crippen molar-refractivity contribution in [3.8, 4) is 0 Å². The molecule has 27 heavy (non-hydrogen) atoms. The summed E-state index contributed by atoms with van der Waals surface area (Å²) in [7, 11) is 0. The maximum absolute atomic E-state index is 11.7. The van der Waals surface area contributed by atoms with Crippen molar-refractivity contribution in [1.29, 1.82) is 10.8 Å². The van der Waals surface area contributed by atoms with Crippen molar-refractivity contribution in [2.24, 2.45) is 0 Å². The predicted octanol–water partition coefficient (Wildman–Crippen LogP) is 1.14. The minimum Gasteiger partial charge on any atom is -0.448 e. The third-order valence-electron chi connectivity index (χ3n) is 3.15. The number of alkyl carbamates (subject to hydrolysis) is 1. The number of carbonyl (C=O) groups excluding carboxylic acids is 3. The zero-order valence-corrected chi connectivity index (χ0v) is 15.0. The van der Waals surface area contributed by atoms with E-state index in [1.807, 2.05) is 6.92 Å². The van der Waals surface area contributed by atoms with E-state index in [1.54, 1.807) is 0 Å². The highest BCUT2D eigenvalue weighted by atomic mass is 16.6. The van der Waals surface area contributed by atoms with Crippen LogP contribution in [0.3, 0.4) is 0 Å². The van der Waals surface area contributed by atoms with Gasteiger partial charge < -0.3 is 10.1 Å². The Balaban J connectivity index is 2.57. The number of carbonyl (C=O) groups is 3. The van der Waals surface area contributed by atoms with E-state index in [0.29, 0.717) is 31.3 Å². The number of benzene rings is 1. The number of nitrogens with one attached hydrogen (secondary N) is 4. The molecule has 9 nitrogen and oxygen atoms in total. The molecule has 0 aliphatic carbocycles. The summed E-state index contributed by atoms with van der Waals surface area (Å²) in [5.41, 5.74) is 3.90. The number of aldehydes is 2. The van der Waals surface area contributed by atoms with Gasteiger partial charge in [0, 0.05) is 17.7 Å². The first kappa shape index (κ1) is 21.9. The van der Waals surface area contributed by atoms with Gasteiger partial charge in [-0.25, -0.2) is 4.79 Å². The van der Waals surface area contributed by atoms with Crippen LogP contribution in [0.5, 0.6) is 0 Å². The molecule has 1 aromatic carbocycles. The molecule has 144 valence electrons. The van der Waals surface area contributed by atoms with Crippen LogP contribution in [-0.2, 0) is 25.7 Å². The first-order valence-electron chi connectivity index (χ1n) is 7.99. The summed E-state index contributed by atoms with van der Waals surface area (Å²) in [6.07, 6.45) is 0.0513. The molecule has 0 atom stereocenters. The van der Waals surface area contributed by atoms with Crippen LogP contribution in [0.15, 0.2) is 30.4 Å². The second-order valence-corrected chi connectivity index (χ2v) is 5.61. The Morgan fingerprint density at radius 1 is 1.15 bits per heavy atom. The molecule has 9 heteroatoms. The van der Waals surface area contributed by atoms with Crippen LogP contribution in [0.4, 0.5) is 4.79 Å². The van der Waals surface area contributed by atoms with Crippen molar-refractivity contribution in [2.45, 2.75) is 13.5 Å². The largest absolute Gasteiger partial charge is 0.448 e. The Labute approximate surface area is 156 Å². The highest BCUT2D eigenvalue weighted by Gasteiger charge is 2.10. The topological polar surface area (TPSA) is 141 Å². The third-order valence-corrected chi connectivity index (χ3v) is 3.15. The van der Waals surface area contributed by atoms with Gasteiger partial charge in [0.05, 0.1) is 13.2 Å². The fourth-order valence-electron chi connectivity index (χ4n) is 1.90. The summed E-state index contributed by atoms with van der Waals surface area (Å²) >= 11 is 0. The molecule has 0 spiro atoms. The summed E-state index contributed by atoms with van der Waals surface area (Å²) < 4.78 is 4.96. The molecule has 0 unspecified atom stereocenters. The maximum Gasteiger partial charge on any atom is 0.407 e. The van der Waals surface area contributed by atoms with Crippen LogP contribution in [-0.4, -0.2) is 49.8 Å². The normalized spacial score (nSPS) is 9.96. The van der Waals surface area contributed by atoms with Gasteiger partial charge >= 0.3 is 6.09 Å². The lowest BCUT2D eigenvalue weighted by Crippen LogP contribution is -2.28. The first-order chi connectivity index (χ1) is 12.9. The number of ether oxygens (including phenoxy) is 1. The quantitative estimate of drug-likeness (QED) is 0.142. The zero-order valence-electron chi connectivity index (χ0n) is 15.0. The summed E-state index contributed by atoms with van der Waals surface area (Å²) in [6.45, 7) is 6.27. The van der Waals surface area contributed by atoms with Crippen molar-refractivity contribution >= 4 is 30.1 Å². The monoisotopic (exact) mass is 374 g/mol. The fourth-order valence-corrected chi connectivity index (χ4v) is 1.90. The molecule has 0 heterocycles. The van der Waals surface area contributed by atoms with E-state index in [4.69, 9.17) is 20.4 Å². The van der Waals surface area contributed by atoms with Crippen LogP contribution < -0.4 is 10.8 Å². The van der Waals surface area contributed by atoms with Gasteiger partial charge in [0.2, 0.25) is 0 Å². The molecule has 4 N–H and O–H groups in total. The van der Waals surface area contributed by atoms with Crippen LogP contribution in [0.1, 0.15) is 23.6 Å². The van der Waals surface area contributed by atoms with Crippen molar-refractivity contribution in [1.82, 2.24) is 10.8 Å². The summed E-state index contributed by atoms with van der Waals surface area (Å²) in [5, 5.41) is 17.7. The average Bonchev–Trinajstić information content (AvgIpc) is 2.67. The third kappa shape index (κ3) is 8.17. The van der Waals surface area contributed by atoms with Gasteiger partial charge in [-0.1, -0.05) is 12.2 Å². The molecule has 1 amide bonds. The molecular formula is C18H22N4O5. The van der Waals surface area contributed by atoms with E-state index in [1.165, 1.54) is 18.2 Å². The van der Waals surface area contributed by atoms with E-state index >= 15 is 0 Å². The summed E-state index contributed by atoms with van der Waals surface area (Å²) in [6, 6.07) is 4.43. The lowest BCUT2D eigenvalue weighted by molar-refractivity contribution is -0.103. The van der Waals surface area contributed by atoms with Gasteiger partial charge in [0.1, 0.15) is 18.0 Å². The minimum atomic E-state index is -0.667. The lowest BCUT2D eigenvalue weighted by atomic mass is 10.0. The SMILES string of the molecule is C=C(C)CONCCOC(=O)NCc1cc(C(=N)C=O)cc(C(=N)C=O)c1. The van der Waals surface area contributed by atoms with Crippen LogP contribution in [0, 0.1) is 10.8 Å². The molecule has 0 saturated carbocycles. The fraction of sp³-hybridized carbons (Fsp3) is 0.278. The standard InChI is InChI=1S/C18H22N4O5/c1-12(2)11-27-22-3-4-26-18(25)21-8-13-5-14(16(19)9-23)7-15(6-13)17(20)10-24/h5-7,9-10,19-20,22H,1,3-4,8,11H2,2H3,(H,21,25). The Hall–Kier alpha value is -3.17. The molecule has 0 aliphatic rings. The van der Waals surface area contributed by atoms with Crippen LogP contribution >= 0.6 is 0 Å². The van der Waals surface area contributed by atoms with E-state index in [9.17, 15) is 14.4 Å². The molecule has 0 bridgehead atoms. The summed E-state index contributed by atoms with van der Waals surface area (Å²) in [4.78, 5) is 38.3. The van der Waals surface area contributed by atoms with Crippen molar-refractivity contribution < 1.29 is 24.0 Å². The van der Waals surface area contributed by atoms with Gasteiger partial charge in [-0.2, -0.15) is 5.48 Å². The molecule has 1 aromatic rings. The van der Waals surface area contributed by atoms with Gasteiger partial charge in [0.15, 0.2) is 12.6 Å². The van der Waals surface area contributed by atoms with Gasteiger partial charge in [0.25, 0.3) is 0 Å². The molecule has 0 aliphatic heterocycles. The Morgan fingerprint density at radius 3 is 2.26 bits per heavy atom. The molecule has 0 radical (unpaired) electrons. The second-order valence-electron chi connectivity index (χ2n) is 5.61. The van der Waals surface area contributed by atoms with Crippen molar-refractivity contribution in [2.75, 3.05) is 19.8 Å². The molecule has 0 saturated heterocycles. The second kappa shape index (κ2) is 11.4. The number of hydroxylamine groups is 1. The molecule has 1 rings (SSSR count). The van der Waals surface area contributed by atoms with Gasteiger partial charge in [-0.3, -0.25) is 25.2 Å². The van der Waals surface area contributed by atoms with Crippen LogP contribution in [0.25, 0.3) is 0 Å². The predicted molar refractivity (Wildman–Crippen MR) is 99.2 cm³/mol. The van der Waals surface area contributed by atoms with Crippen molar-refractivity contribution in [3.63, 3.8) is 0 Å². The lowest BCUT2D eigenvalue weighted by Gasteiger charge is -2.10. The number of rotatable bonds is 12. The highest BCUT2D eigenvalue weighted by molar-refractivity contribution is 6.37. The first-order valence-corrected chi connectivity index (χ1v) is 7.99. The smallest absolute Gasteiger partial charge is 0.407 e. The van der Waals surface area contributed by atoms with E-state index < -0.39 is 6.09 Å². The van der Waals surface area contributed by atoms with Crippen LogP contribution in [0.2, 0.25) is 0 Å². The Morgan fingerprint density at radius 2 is 1.74 bits per heavy atom. The van der Waals surface area contributed by atoms with Gasteiger partial charge in [-0.15, -0.1) is 0 Å². The number of hydrogen-bond acceptors (Lipinski definition) is 8. The highest BCUT2D eigenvalue weighted by Crippen LogP contribution is 2.11. The Bertz CT molecular complexity index is 707.